The zero-order chi connectivity index (χ0) is 19.3. The first kappa shape index (κ1) is 18.7. The van der Waals surface area contributed by atoms with Gasteiger partial charge in [-0.3, -0.25) is 9.69 Å². The van der Waals surface area contributed by atoms with E-state index in [1.807, 2.05) is 48.5 Å². The van der Waals surface area contributed by atoms with Crippen molar-refractivity contribution in [3.05, 3.63) is 65.5 Å². The Morgan fingerprint density at radius 1 is 1.07 bits per heavy atom. The van der Waals surface area contributed by atoms with Crippen molar-refractivity contribution in [2.75, 3.05) is 18.4 Å². The molecule has 0 aliphatic carbocycles. The average molecular weight is 397 g/mol. The molecule has 144 valence electrons. The minimum absolute atomic E-state index is 0.0258. The van der Waals surface area contributed by atoms with E-state index in [9.17, 15) is 4.79 Å². The highest BCUT2D eigenvalue weighted by Gasteiger charge is 2.26. The summed E-state index contributed by atoms with van der Waals surface area (Å²) in [5.74, 6) is 1.10. The molecule has 2 heterocycles. The van der Waals surface area contributed by atoms with Gasteiger partial charge in [-0.2, -0.15) is 0 Å². The largest absolute Gasteiger partial charge is 0.419 e. The van der Waals surface area contributed by atoms with Gasteiger partial charge in [0.05, 0.1) is 17.1 Å². The van der Waals surface area contributed by atoms with Gasteiger partial charge in [0.15, 0.2) is 0 Å². The number of carbonyl (C=O) groups excluding carboxylic acids is 1. The van der Waals surface area contributed by atoms with Crippen LogP contribution in [0.5, 0.6) is 0 Å². The van der Waals surface area contributed by atoms with E-state index in [0.29, 0.717) is 23.3 Å². The normalized spacial score (nSPS) is 15.5. The van der Waals surface area contributed by atoms with E-state index in [-0.39, 0.29) is 11.8 Å². The number of carbonyl (C=O) groups is 1. The molecule has 0 radical (unpaired) electrons. The van der Waals surface area contributed by atoms with E-state index >= 15 is 0 Å². The standard InChI is InChI=1S/C21H21ClN4O2/c22-18-9-5-4-8-17(18)21-25-24-19(28-21)14-26-12-10-15(11-13-26)20(27)23-16-6-2-1-3-7-16/h1-9,15H,10-14H2,(H,23,27). The van der Waals surface area contributed by atoms with Crippen LogP contribution in [0.1, 0.15) is 18.7 Å². The summed E-state index contributed by atoms with van der Waals surface area (Å²) < 4.78 is 5.78. The molecule has 0 unspecified atom stereocenters. The van der Waals surface area contributed by atoms with E-state index in [1.54, 1.807) is 6.07 Å². The van der Waals surface area contributed by atoms with Crippen molar-refractivity contribution in [3.8, 4) is 11.5 Å². The first-order valence-electron chi connectivity index (χ1n) is 9.34. The van der Waals surface area contributed by atoms with Crippen molar-refractivity contribution in [2.24, 2.45) is 5.92 Å². The maximum absolute atomic E-state index is 12.4. The van der Waals surface area contributed by atoms with E-state index in [4.69, 9.17) is 16.0 Å². The molecule has 1 fully saturated rings. The smallest absolute Gasteiger partial charge is 0.249 e. The number of amides is 1. The molecule has 1 aliphatic heterocycles. The van der Waals surface area contributed by atoms with Crippen LogP contribution in [0, 0.1) is 5.92 Å². The van der Waals surface area contributed by atoms with E-state index in [2.05, 4.69) is 20.4 Å². The Morgan fingerprint density at radius 2 is 1.79 bits per heavy atom. The molecule has 3 aromatic rings. The maximum atomic E-state index is 12.4. The number of aromatic nitrogens is 2. The number of nitrogens with zero attached hydrogens (tertiary/aromatic N) is 3. The van der Waals surface area contributed by atoms with Crippen LogP contribution in [0.4, 0.5) is 5.69 Å². The minimum Gasteiger partial charge on any atom is -0.419 e. The van der Waals surface area contributed by atoms with Gasteiger partial charge >= 0.3 is 0 Å². The van der Waals surface area contributed by atoms with Crippen LogP contribution < -0.4 is 5.32 Å². The number of hydrogen-bond donors (Lipinski definition) is 1. The summed E-state index contributed by atoms with van der Waals surface area (Å²) >= 11 is 6.19. The van der Waals surface area contributed by atoms with Gasteiger partial charge in [0.1, 0.15) is 0 Å². The van der Waals surface area contributed by atoms with Gasteiger partial charge in [0.25, 0.3) is 0 Å². The van der Waals surface area contributed by atoms with Crippen molar-refractivity contribution in [1.29, 1.82) is 0 Å². The first-order chi connectivity index (χ1) is 13.7. The highest BCUT2D eigenvalue weighted by Crippen LogP contribution is 2.27. The molecule has 6 nitrogen and oxygen atoms in total. The molecule has 0 spiro atoms. The summed E-state index contributed by atoms with van der Waals surface area (Å²) in [6.45, 7) is 2.21. The number of halogens is 1. The summed E-state index contributed by atoms with van der Waals surface area (Å²) in [6.07, 6.45) is 1.62. The molecule has 7 heteroatoms. The molecule has 1 saturated heterocycles. The molecule has 28 heavy (non-hydrogen) atoms. The Morgan fingerprint density at radius 3 is 2.54 bits per heavy atom. The summed E-state index contributed by atoms with van der Waals surface area (Å²) in [4.78, 5) is 14.7. The number of likely N-dealkylation sites (tertiary alicyclic amines) is 1. The predicted molar refractivity (Wildman–Crippen MR) is 108 cm³/mol. The molecule has 1 aromatic heterocycles. The molecule has 0 atom stereocenters. The Labute approximate surface area is 168 Å². The van der Waals surface area contributed by atoms with Crippen molar-refractivity contribution in [3.63, 3.8) is 0 Å². The van der Waals surface area contributed by atoms with Crippen molar-refractivity contribution in [2.45, 2.75) is 19.4 Å². The Kier molecular flexibility index (Phi) is 5.69. The second-order valence-corrected chi connectivity index (χ2v) is 7.29. The van der Waals surface area contributed by atoms with Gasteiger partial charge in [-0.15, -0.1) is 10.2 Å². The molecule has 1 amide bonds. The van der Waals surface area contributed by atoms with Crippen LogP contribution in [0.25, 0.3) is 11.5 Å². The Hall–Kier alpha value is -2.70. The van der Waals surface area contributed by atoms with Gasteiger partial charge in [0.2, 0.25) is 17.7 Å². The van der Waals surface area contributed by atoms with Gasteiger partial charge < -0.3 is 9.73 Å². The fraction of sp³-hybridized carbons (Fsp3) is 0.286. The minimum atomic E-state index is 0.0258. The summed E-state index contributed by atoms with van der Waals surface area (Å²) in [6, 6.07) is 17.0. The van der Waals surface area contributed by atoms with E-state index in [1.165, 1.54) is 0 Å². The summed E-state index contributed by atoms with van der Waals surface area (Å²) in [7, 11) is 0. The fourth-order valence-corrected chi connectivity index (χ4v) is 3.59. The number of piperidine rings is 1. The first-order valence-corrected chi connectivity index (χ1v) is 9.72. The second-order valence-electron chi connectivity index (χ2n) is 6.89. The van der Waals surface area contributed by atoms with Crippen LogP contribution in [0.15, 0.2) is 59.0 Å². The zero-order valence-corrected chi connectivity index (χ0v) is 16.1. The highest BCUT2D eigenvalue weighted by atomic mass is 35.5. The van der Waals surface area contributed by atoms with Crippen molar-refractivity contribution < 1.29 is 9.21 Å². The highest BCUT2D eigenvalue weighted by molar-refractivity contribution is 6.33. The molecule has 0 bridgehead atoms. The Bertz CT molecular complexity index is 936. The lowest BCUT2D eigenvalue weighted by atomic mass is 9.96. The lowest BCUT2D eigenvalue weighted by Gasteiger charge is -2.30. The average Bonchev–Trinajstić information content (AvgIpc) is 3.18. The molecule has 4 rings (SSSR count). The third-order valence-electron chi connectivity index (χ3n) is 4.93. The number of benzene rings is 2. The molecule has 0 saturated carbocycles. The SMILES string of the molecule is O=C(Nc1ccccc1)C1CCN(Cc2nnc(-c3ccccc3Cl)o2)CC1. The molecular weight excluding hydrogens is 376 g/mol. The molecule has 1 N–H and O–H groups in total. The fourth-order valence-electron chi connectivity index (χ4n) is 3.37. The van der Waals surface area contributed by atoms with Crippen LogP contribution in [0.2, 0.25) is 5.02 Å². The van der Waals surface area contributed by atoms with Crippen LogP contribution in [-0.4, -0.2) is 34.1 Å². The molecular formula is C21H21ClN4O2. The number of para-hydroxylation sites is 1. The molecule has 2 aromatic carbocycles. The number of rotatable bonds is 5. The summed E-state index contributed by atoms with van der Waals surface area (Å²) in [5, 5.41) is 11.8. The lowest BCUT2D eigenvalue weighted by molar-refractivity contribution is -0.121. The van der Waals surface area contributed by atoms with Crippen molar-refractivity contribution >= 4 is 23.2 Å². The third-order valence-corrected chi connectivity index (χ3v) is 5.26. The number of hydrogen-bond acceptors (Lipinski definition) is 5. The van der Waals surface area contributed by atoms with Gasteiger partial charge in [-0.05, 0) is 50.2 Å². The maximum Gasteiger partial charge on any atom is 0.249 e. The topological polar surface area (TPSA) is 71.3 Å². The van der Waals surface area contributed by atoms with Gasteiger partial charge in [-0.1, -0.05) is 41.9 Å². The van der Waals surface area contributed by atoms with Gasteiger partial charge in [-0.25, -0.2) is 0 Å². The lowest BCUT2D eigenvalue weighted by Crippen LogP contribution is -2.37. The quantitative estimate of drug-likeness (QED) is 0.698. The van der Waals surface area contributed by atoms with Crippen LogP contribution >= 0.6 is 11.6 Å². The Balaban J connectivity index is 1.30. The monoisotopic (exact) mass is 396 g/mol. The van der Waals surface area contributed by atoms with E-state index < -0.39 is 0 Å². The molecule has 1 aliphatic rings. The predicted octanol–water partition coefficient (Wildman–Crippen LogP) is 4.24. The van der Waals surface area contributed by atoms with Crippen LogP contribution in [0.3, 0.4) is 0 Å². The third kappa shape index (κ3) is 4.40. The van der Waals surface area contributed by atoms with E-state index in [0.717, 1.165) is 37.2 Å². The van der Waals surface area contributed by atoms with Crippen molar-refractivity contribution in [1.82, 2.24) is 15.1 Å². The van der Waals surface area contributed by atoms with Crippen LogP contribution in [-0.2, 0) is 11.3 Å². The second kappa shape index (κ2) is 8.54. The zero-order valence-electron chi connectivity index (χ0n) is 15.3. The van der Waals surface area contributed by atoms with Gasteiger partial charge in [0, 0.05) is 11.6 Å². The number of anilines is 1. The summed E-state index contributed by atoms with van der Waals surface area (Å²) in [5.41, 5.74) is 1.58. The number of nitrogens with one attached hydrogen (secondary N) is 1.